The molecule has 4 N–H and O–H groups in total. The molecule has 5 nitrogen and oxygen atoms in total. The monoisotopic (exact) mass is 432 g/mol. The minimum Gasteiger partial charge on any atom is -0.547 e. The van der Waals surface area contributed by atoms with Gasteiger partial charge in [-0.05, 0) is 68.2 Å². The maximum atomic E-state index is 6.80. The van der Waals surface area contributed by atoms with Crippen LogP contribution in [-0.2, 0) is 4.43 Å². The number of benzene rings is 2. The number of anilines is 2. The van der Waals surface area contributed by atoms with Gasteiger partial charge < -0.3 is 25.1 Å². The van der Waals surface area contributed by atoms with Crippen LogP contribution < -0.4 is 20.6 Å². The Kier molecular flexibility index (Phi) is 5.20. The first kappa shape index (κ1) is 21.0. The van der Waals surface area contributed by atoms with Gasteiger partial charge in [-0.25, -0.2) is 0 Å². The molecule has 2 atom stereocenters. The Balaban J connectivity index is 1.94. The lowest BCUT2D eigenvalue weighted by Gasteiger charge is -2.57. The van der Waals surface area contributed by atoms with Crippen molar-refractivity contribution >= 4 is 34.2 Å². The number of rotatable bonds is 4. The van der Waals surface area contributed by atoms with Gasteiger partial charge in [0.15, 0.2) is 13.6 Å². The molecule has 0 radical (unpaired) electrons. The lowest BCUT2D eigenvalue weighted by Crippen LogP contribution is -2.81. The van der Waals surface area contributed by atoms with Gasteiger partial charge in [-0.3, -0.25) is 0 Å². The average molecular weight is 433 g/mol. The highest BCUT2D eigenvalue weighted by molar-refractivity contribution is 7.66. The number of hydrogen-bond acceptors (Lipinski definition) is 5. The van der Waals surface area contributed by atoms with Crippen LogP contribution in [0.25, 0.3) is 0 Å². The second-order valence-electron chi connectivity index (χ2n) is 9.12. The highest BCUT2D eigenvalue weighted by atomic mass is 29.7. The molecule has 0 aromatic heterocycles. The number of nitrogens with two attached hydrogens (primary N) is 2. The van der Waals surface area contributed by atoms with Crippen LogP contribution in [0.4, 0.5) is 11.4 Å². The first-order valence-corrected chi connectivity index (χ1v) is 20.2. The second kappa shape index (κ2) is 6.94. The van der Waals surface area contributed by atoms with Crippen molar-refractivity contribution < 1.29 is 13.6 Å². The summed E-state index contributed by atoms with van der Waals surface area (Å²) >= 11 is 0. The molecule has 8 heteroatoms. The van der Waals surface area contributed by atoms with Gasteiger partial charge in [0.05, 0.1) is 0 Å². The van der Waals surface area contributed by atoms with Crippen molar-refractivity contribution in [3.8, 4) is 11.5 Å². The topological polar surface area (TPSA) is 79.7 Å². The molecule has 28 heavy (non-hydrogen) atoms. The van der Waals surface area contributed by atoms with E-state index in [2.05, 4.69) is 39.7 Å². The molecular weight excluding hydrogens is 400 g/mol. The summed E-state index contributed by atoms with van der Waals surface area (Å²) < 4.78 is 19.9. The number of nitrogen functional groups attached to an aromatic ring is 2. The van der Waals surface area contributed by atoms with Crippen LogP contribution in [0.15, 0.2) is 48.5 Å². The Morgan fingerprint density at radius 3 is 1.79 bits per heavy atom. The van der Waals surface area contributed by atoms with E-state index in [1.165, 1.54) is 0 Å². The van der Waals surface area contributed by atoms with Crippen LogP contribution in [0.2, 0.25) is 38.8 Å². The molecule has 1 aliphatic rings. The van der Waals surface area contributed by atoms with E-state index < -0.39 is 28.6 Å². The lowest BCUT2D eigenvalue weighted by molar-refractivity contribution is -0.0897. The highest BCUT2D eigenvalue weighted by Gasteiger charge is 2.67. The van der Waals surface area contributed by atoms with E-state index >= 15 is 0 Å². The molecule has 2 unspecified atom stereocenters. The zero-order valence-electron chi connectivity index (χ0n) is 17.7. The molecule has 0 aliphatic carbocycles. The van der Waals surface area contributed by atoms with Crippen molar-refractivity contribution in [3.63, 3.8) is 0 Å². The normalized spacial score (nSPS) is 28.5. The summed E-state index contributed by atoms with van der Waals surface area (Å²) in [5.74, 6) is 0.959. The Morgan fingerprint density at radius 2 is 1.29 bits per heavy atom. The van der Waals surface area contributed by atoms with Crippen LogP contribution in [-0.4, -0.2) is 28.6 Å². The fourth-order valence-corrected chi connectivity index (χ4v) is 31.5. The predicted molar refractivity (Wildman–Crippen MR) is 124 cm³/mol. The second-order valence-corrected chi connectivity index (χ2v) is 34.4. The zero-order chi connectivity index (χ0) is 20.8. The predicted octanol–water partition coefficient (Wildman–Crippen LogP) is 4.70. The molecule has 0 saturated carbocycles. The Hall–Kier alpha value is -1.75. The molecule has 2 aromatic carbocycles. The summed E-state index contributed by atoms with van der Waals surface area (Å²) in [5, 5.41) is 0. The lowest BCUT2D eigenvalue weighted by atomic mass is 10.3. The molecular formula is C20H32N2O3Si3. The van der Waals surface area contributed by atoms with E-state index in [0.717, 1.165) is 28.9 Å². The van der Waals surface area contributed by atoms with Crippen LogP contribution >= 0.6 is 0 Å². The van der Waals surface area contributed by atoms with Crippen LogP contribution in [0, 0.1) is 0 Å². The standard InChI is InChI=1S/C20H32N2O3Si3/c1-20(23-18-11-7-16(21)8-12-18)15-28(6,27(4,5)26(2,3)25-20)24-19-13-9-17(22)10-14-19/h7-14H,15,21-22H2,1-6H3. The van der Waals surface area contributed by atoms with E-state index in [-0.39, 0.29) is 0 Å². The van der Waals surface area contributed by atoms with Gasteiger partial charge in [-0.1, -0.05) is 13.1 Å². The maximum absolute atomic E-state index is 6.80. The molecule has 1 aliphatic heterocycles. The average Bonchev–Trinajstić information content (AvgIpc) is 2.57. The molecule has 3 rings (SSSR count). The van der Waals surface area contributed by atoms with Gasteiger partial charge in [0.2, 0.25) is 7.83 Å². The number of hydrogen-bond donors (Lipinski definition) is 2. The van der Waals surface area contributed by atoms with Crippen molar-refractivity contribution in [2.75, 3.05) is 11.5 Å². The van der Waals surface area contributed by atoms with Crippen molar-refractivity contribution in [1.29, 1.82) is 0 Å². The zero-order valence-corrected chi connectivity index (χ0v) is 20.7. The molecule has 0 spiro atoms. The van der Waals surface area contributed by atoms with Gasteiger partial charge in [0, 0.05) is 24.3 Å². The quantitative estimate of drug-likeness (QED) is 0.541. The van der Waals surface area contributed by atoms with Crippen molar-refractivity contribution in [2.24, 2.45) is 0 Å². The fourth-order valence-electron chi connectivity index (χ4n) is 3.98. The van der Waals surface area contributed by atoms with Gasteiger partial charge in [-0.15, -0.1) is 0 Å². The summed E-state index contributed by atoms with van der Waals surface area (Å²) in [4.78, 5) is 0. The SMILES string of the molecule is CC1(Oc2ccc(N)cc2)C[Si](C)(Oc2ccc(N)cc2)[Si](C)(C)[Si](C)(C)O1. The Labute approximate surface area is 170 Å². The summed E-state index contributed by atoms with van der Waals surface area (Å²) in [6.45, 7) is 13.9. The third kappa shape index (κ3) is 3.86. The van der Waals surface area contributed by atoms with Gasteiger partial charge in [0.25, 0.3) is 0 Å². The summed E-state index contributed by atoms with van der Waals surface area (Å²) in [7, 11) is -5.97. The fraction of sp³-hybridized carbons (Fsp3) is 0.400. The van der Waals surface area contributed by atoms with E-state index in [1.54, 1.807) is 0 Å². The molecule has 1 fully saturated rings. The van der Waals surface area contributed by atoms with E-state index in [1.807, 2.05) is 48.5 Å². The molecule has 0 amide bonds. The van der Waals surface area contributed by atoms with Gasteiger partial charge >= 0.3 is 0 Å². The largest absolute Gasteiger partial charge is 0.547 e. The minimum absolute atomic E-state index is 0.705. The van der Waals surface area contributed by atoms with E-state index in [0.29, 0.717) is 0 Å². The van der Waals surface area contributed by atoms with Gasteiger partial charge in [-0.2, -0.15) is 0 Å². The third-order valence-electron chi connectivity index (χ3n) is 6.39. The maximum Gasteiger partial charge on any atom is 0.238 e. The van der Waals surface area contributed by atoms with E-state index in [4.69, 9.17) is 25.1 Å². The van der Waals surface area contributed by atoms with Crippen LogP contribution in [0.1, 0.15) is 6.92 Å². The smallest absolute Gasteiger partial charge is 0.238 e. The third-order valence-corrected chi connectivity index (χ3v) is 43.3. The van der Waals surface area contributed by atoms with Crippen molar-refractivity contribution in [2.45, 2.75) is 51.5 Å². The summed E-state index contributed by atoms with van der Waals surface area (Å²) in [5.41, 5.74) is 13.1. The van der Waals surface area contributed by atoms with Crippen molar-refractivity contribution in [3.05, 3.63) is 48.5 Å². The molecule has 1 heterocycles. The van der Waals surface area contributed by atoms with Crippen molar-refractivity contribution in [1.82, 2.24) is 0 Å². The summed E-state index contributed by atoms with van der Waals surface area (Å²) in [6, 6.07) is 16.0. The van der Waals surface area contributed by atoms with Gasteiger partial charge in [0.1, 0.15) is 18.6 Å². The summed E-state index contributed by atoms with van der Waals surface area (Å²) in [6.07, 6.45) is 0. The minimum atomic E-state index is -2.17. The Bertz CT molecular complexity index is 843. The Morgan fingerprint density at radius 1 is 0.821 bits per heavy atom. The first-order chi connectivity index (χ1) is 12.9. The molecule has 0 bridgehead atoms. The molecule has 152 valence electrons. The highest BCUT2D eigenvalue weighted by Crippen LogP contribution is 2.45. The first-order valence-electron chi connectivity index (χ1n) is 9.65. The number of ether oxygens (including phenoxy) is 1. The van der Waals surface area contributed by atoms with Crippen LogP contribution in [0.3, 0.4) is 0 Å². The molecule has 2 aromatic rings. The van der Waals surface area contributed by atoms with E-state index in [9.17, 15) is 0 Å². The molecule has 1 saturated heterocycles. The van der Waals surface area contributed by atoms with Crippen LogP contribution in [0.5, 0.6) is 11.5 Å².